The van der Waals surface area contributed by atoms with E-state index in [9.17, 15) is 0 Å². The SMILES string of the molecule is CC(C#N)OCCN1CCC2(CCCCC2)C1. The van der Waals surface area contributed by atoms with Gasteiger partial charge >= 0.3 is 0 Å². The van der Waals surface area contributed by atoms with Gasteiger partial charge in [0.25, 0.3) is 0 Å². The first kappa shape index (κ1) is 12.9. The van der Waals surface area contributed by atoms with Gasteiger partial charge in [-0.1, -0.05) is 19.3 Å². The van der Waals surface area contributed by atoms with Gasteiger partial charge in [-0.15, -0.1) is 0 Å². The molecule has 1 spiro atoms. The average molecular weight is 236 g/mol. The lowest BCUT2D eigenvalue weighted by Crippen LogP contribution is -2.31. The van der Waals surface area contributed by atoms with Crippen LogP contribution in [-0.2, 0) is 4.74 Å². The molecule has 0 N–H and O–H groups in total. The summed E-state index contributed by atoms with van der Waals surface area (Å²) in [6, 6.07) is 2.11. The molecule has 1 aliphatic carbocycles. The molecule has 0 aromatic rings. The quantitative estimate of drug-likeness (QED) is 0.752. The van der Waals surface area contributed by atoms with Crippen LogP contribution in [-0.4, -0.2) is 37.2 Å². The predicted octanol–water partition coefficient (Wildman–Crippen LogP) is 2.57. The van der Waals surface area contributed by atoms with Crippen molar-refractivity contribution in [1.29, 1.82) is 5.26 Å². The van der Waals surface area contributed by atoms with Gasteiger partial charge in [0.15, 0.2) is 0 Å². The van der Waals surface area contributed by atoms with E-state index in [1.165, 1.54) is 51.6 Å². The summed E-state index contributed by atoms with van der Waals surface area (Å²) in [7, 11) is 0. The van der Waals surface area contributed by atoms with Crippen LogP contribution >= 0.6 is 0 Å². The van der Waals surface area contributed by atoms with Crippen LogP contribution in [0.25, 0.3) is 0 Å². The van der Waals surface area contributed by atoms with E-state index in [4.69, 9.17) is 10.00 Å². The molecule has 2 rings (SSSR count). The minimum Gasteiger partial charge on any atom is -0.362 e. The number of hydrogen-bond donors (Lipinski definition) is 0. The highest BCUT2D eigenvalue weighted by Gasteiger charge is 2.38. The van der Waals surface area contributed by atoms with E-state index in [0.29, 0.717) is 12.0 Å². The molecular formula is C14H24N2O. The summed E-state index contributed by atoms with van der Waals surface area (Å²) in [5.74, 6) is 0. The molecule has 1 heterocycles. The number of nitrogens with zero attached hydrogens (tertiary/aromatic N) is 2. The van der Waals surface area contributed by atoms with E-state index in [1.807, 2.05) is 6.92 Å². The number of ether oxygens (including phenoxy) is 1. The Bertz CT molecular complexity index is 278. The lowest BCUT2D eigenvalue weighted by Gasteiger charge is -2.33. The van der Waals surface area contributed by atoms with E-state index in [2.05, 4.69) is 11.0 Å². The highest BCUT2D eigenvalue weighted by atomic mass is 16.5. The van der Waals surface area contributed by atoms with E-state index in [0.717, 1.165) is 6.54 Å². The molecule has 1 atom stereocenters. The zero-order valence-corrected chi connectivity index (χ0v) is 11.0. The molecule has 1 unspecified atom stereocenters. The summed E-state index contributed by atoms with van der Waals surface area (Å²) < 4.78 is 5.43. The lowest BCUT2D eigenvalue weighted by atomic mass is 9.73. The van der Waals surface area contributed by atoms with Gasteiger partial charge in [0.05, 0.1) is 12.7 Å². The van der Waals surface area contributed by atoms with Gasteiger partial charge in [-0.05, 0) is 38.1 Å². The van der Waals surface area contributed by atoms with Crippen molar-refractivity contribution in [2.75, 3.05) is 26.2 Å². The molecule has 0 aromatic heterocycles. The summed E-state index contributed by atoms with van der Waals surface area (Å²) in [5.41, 5.74) is 0.638. The van der Waals surface area contributed by atoms with Crippen LogP contribution in [0.1, 0.15) is 45.4 Å². The highest BCUT2D eigenvalue weighted by molar-refractivity contribution is 4.91. The molecule has 96 valence electrons. The van der Waals surface area contributed by atoms with E-state index in [-0.39, 0.29) is 6.10 Å². The molecule has 0 radical (unpaired) electrons. The molecule has 2 aliphatic rings. The van der Waals surface area contributed by atoms with E-state index in [1.54, 1.807) is 0 Å². The highest BCUT2D eigenvalue weighted by Crippen LogP contribution is 2.43. The fourth-order valence-corrected chi connectivity index (χ4v) is 3.32. The van der Waals surface area contributed by atoms with Crippen LogP contribution in [0.2, 0.25) is 0 Å². The van der Waals surface area contributed by atoms with Crippen molar-refractivity contribution < 1.29 is 4.74 Å². The number of nitriles is 1. The normalized spacial score (nSPS) is 25.9. The second-order valence-electron chi connectivity index (χ2n) is 5.73. The Morgan fingerprint density at radius 3 is 2.76 bits per heavy atom. The minimum atomic E-state index is -0.263. The third-order valence-corrected chi connectivity index (χ3v) is 4.39. The van der Waals surface area contributed by atoms with Crippen molar-refractivity contribution in [2.24, 2.45) is 5.41 Å². The molecule has 3 heteroatoms. The maximum atomic E-state index is 8.64. The van der Waals surface area contributed by atoms with Gasteiger partial charge in [0.2, 0.25) is 0 Å². The van der Waals surface area contributed by atoms with Crippen molar-refractivity contribution in [3.63, 3.8) is 0 Å². The topological polar surface area (TPSA) is 36.3 Å². The first-order chi connectivity index (χ1) is 8.24. The molecule has 1 aliphatic heterocycles. The lowest BCUT2D eigenvalue weighted by molar-refractivity contribution is 0.0787. The summed E-state index contributed by atoms with van der Waals surface area (Å²) in [5, 5.41) is 8.64. The molecule has 1 saturated carbocycles. The van der Waals surface area contributed by atoms with Crippen LogP contribution < -0.4 is 0 Å². The third kappa shape index (κ3) is 3.43. The standard InChI is InChI=1S/C14H24N2O/c1-13(11-15)17-10-9-16-8-7-14(12-16)5-3-2-4-6-14/h13H,2-10,12H2,1H3. The van der Waals surface area contributed by atoms with Crippen LogP contribution in [0.3, 0.4) is 0 Å². The smallest absolute Gasteiger partial charge is 0.141 e. The van der Waals surface area contributed by atoms with Crippen molar-refractivity contribution in [1.82, 2.24) is 4.90 Å². The summed E-state index contributed by atoms with van der Waals surface area (Å²) in [6.07, 6.45) is 8.26. The molecule has 17 heavy (non-hydrogen) atoms. The van der Waals surface area contributed by atoms with E-state index >= 15 is 0 Å². The van der Waals surface area contributed by atoms with E-state index < -0.39 is 0 Å². The summed E-state index contributed by atoms with van der Waals surface area (Å²) in [4.78, 5) is 2.52. The van der Waals surface area contributed by atoms with Crippen molar-refractivity contribution >= 4 is 0 Å². The Balaban J connectivity index is 1.69. The van der Waals surface area contributed by atoms with Crippen LogP contribution in [0.4, 0.5) is 0 Å². The maximum absolute atomic E-state index is 8.64. The van der Waals surface area contributed by atoms with Crippen LogP contribution in [0.5, 0.6) is 0 Å². The summed E-state index contributed by atoms with van der Waals surface area (Å²) >= 11 is 0. The van der Waals surface area contributed by atoms with Gasteiger partial charge in [0, 0.05) is 13.1 Å². The van der Waals surface area contributed by atoms with Crippen LogP contribution in [0.15, 0.2) is 0 Å². The fraction of sp³-hybridized carbons (Fsp3) is 0.929. The second-order valence-corrected chi connectivity index (χ2v) is 5.73. The largest absolute Gasteiger partial charge is 0.362 e. The fourth-order valence-electron chi connectivity index (χ4n) is 3.32. The van der Waals surface area contributed by atoms with Crippen molar-refractivity contribution in [2.45, 2.75) is 51.6 Å². The predicted molar refractivity (Wildman–Crippen MR) is 67.6 cm³/mol. The molecule has 2 fully saturated rings. The Morgan fingerprint density at radius 1 is 1.29 bits per heavy atom. The maximum Gasteiger partial charge on any atom is 0.141 e. The van der Waals surface area contributed by atoms with Crippen molar-refractivity contribution in [3.05, 3.63) is 0 Å². The Labute approximate surface area is 105 Å². The first-order valence-electron chi connectivity index (χ1n) is 6.98. The van der Waals surface area contributed by atoms with Gasteiger partial charge in [-0.3, -0.25) is 0 Å². The van der Waals surface area contributed by atoms with Gasteiger partial charge in [-0.2, -0.15) is 5.26 Å². The molecule has 0 aromatic carbocycles. The molecule has 1 saturated heterocycles. The number of hydrogen-bond acceptors (Lipinski definition) is 3. The van der Waals surface area contributed by atoms with Gasteiger partial charge < -0.3 is 9.64 Å². The molecule has 3 nitrogen and oxygen atoms in total. The Morgan fingerprint density at radius 2 is 2.06 bits per heavy atom. The average Bonchev–Trinajstić information content (AvgIpc) is 2.73. The van der Waals surface area contributed by atoms with Crippen molar-refractivity contribution in [3.8, 4) is 6.07 Å². The Hall–Kier alpha value is -0.590. The number of likely N-dealkylation sites (tertiary alicyclic amines) is 1. The first-order valence-corrected chi connectivity index (χ1v) is 6.98. The molecule has 0 bridgehead atoms. The Kier molecular flexibility index (Phi) is 4.42. The molecular weight excluding hydrogens is 212 g/mol. The van der Waals surface area contributed by atoms with Gasteiger partial charge in [0.1, 0.15) is 6.10 Å². The number of rotatable bonds is 4. The second kappa shape index (κ2) is 5.84. The third-order valence-electron chi connectivity index (χ3n) is 4.39. The van der Waals surface area contributed by atoms with Crippen LogP contribution in [0, 0.1) is 16.7 Å². The summed E-state index contributed by atoms with van der Waals surface area (Å²) in [6.45, 7) is 5.99. The monoisotopic (exact) mass is 236 g/mol. The zero-order chi connectivity index (χ0) is 12.1. The minimum absolute atomic E-state index is 0.263. The zero-order valence-electron chi connectivity index (χ0n) is 11.0. The molecule has 0 amide bonds. The van der Waals surface area contributed by atoms with Gasteiger partial charge in [-0.25, -0.2) is 0 Å².